The monoisotopic (exact) mass is 496 g/mol. The molecule has 0 spiro atoms. The molecular formula is C29H28N4O2S. The zero-order valence-electron chi connectivity index (χ0n) is 20.5. The Hall–Kier alpha value is -3.97. The molecule has 36 heavy (non-hydrogen) atoms. The Morgan fingerprint density at radius 1 is 1.06 bits per heavy atom. The van der Waals surface area contributed by atoms with Crippen LogP contribution >= 0.6 is 12.2 Å². The van der Waals surface area contributed by atoms with Crippen molar-refractivity contribution in [3.63, 3.8) is 0 Å². The molecule has 3 heterocycles. The van der Waals surface area contributed by atoms with Crippen LogP contribution < -0.4 is 10.2 Å². The van der Waals surface area contributed by atoms with E-state index in [1.165, 1.54) is 5.56 Å². The number of carbonyl (C=O) groups is 1. The number of thiocarbonyl (C=S) groups is 1. The molecule has 0 amide bonds. The molecule has 2 aromatic heterocycles. The highest BCUT2D eigenvalue weighted by Gasteiger charge is 2.42. The predicted octanol–water partition coefficient (Wildman–Crippen LogP) is 5.93. The van der Waals surface area contributed by atoms with Crippen molar-refractivity contribution in [2.75, 3.05) is 4.90 Å². The molecule has 2 atom stereocenters. The Morgan fingerprint density at radius 3 is 2.44 bits per heavy atom. The van der Waals surface area contributed by atoms with Gasteiger partial charge in [0.15, 0.2) is 5.11 Å². The van der Waals surface area contributed by atoms with Gasteiger partial charge in [-0.3, -0.25) is 4.98 Å². The van der Waals surface area contributed by atoms with Gasteiger partial charge in [-0.15, -0.1) is 0 Å². The van der Waals surface area contributed by atoms with Gasteiger partial charge in [0.2, 0.25) is 0 Å². The number of aromatic carboxylic acids is 1. The second-order valence-corrected chi connectivity index (χ2v) is 9.39. The third kappa shape index (κ3) is 4.05. The van der Waals surface area contributed by atoms with Crippen LogP contribution in [0.1, 0.15) is 57.6 Å². The van der Waals surface area contributed by atoms with E-state index in [-0.39, 0.29) is 17.6 Å². The van der Waals surface area contributed by atoms with Crippen molar-refractivity contribution in [3.8, 4) is 5.69 Å². The van der Waals surface area contributed by atoms with Gasteiger partial charge in [0.05, 0.1) is 29.0 Å². The number of benzene rings is 2. The zero-order valence-corrected chi connectivity index (χ0v) is 21.3. The summed E-state index contributed by atoms with van der Waals surface area (Å²) in [6.45, 7) is 6.18. The second-order valence-electron chi connectivity index (χ2n) is 9.00. The van der Waals surface area contributed by atoms with E-state index >= 15 is 0 Å². The van der Waals surface area contributed by atoms with Gasteiger partial charge in [0, 0.05) is 23.3 Å². The summed E-state index contributed by atoms with van der Waals surface area (Å²) in [7, 11) is 0. The maximum Gasteiger partial charge on any atom is 0.337 e. The molecule has 1 aliphatic heterocycles. The lowest BCUT2D eigenvalue weighted by Gasteiger charge is -2.28. The number of anilines is 1. The molecule has 4 aromatic rings. The van der Waals surface area contributed by atoms with Gasteiger partial charge in [0.1, 0.15) is 0 Å². The summed E-state index contributed by atoms with van der Waals surface area (Å²) in [4.78, 5) is 18.8. The molecule has 6 nitrogen and oxygen atoms in total. The number of rotatable bonds is 6. The van der Waals surface area contributed by atoms with Crippen LogP contribution in [0.15, 0.2) is 79.0 Å². The molecule has 0 aliphatic carbocycles. The van der Waals surface area contributed by atoms with Gasteiger partial charge in [-0.05, 0) is 86.1 Å². The van der Waals surface area contributed by atoms with Crippen molar-refractivity contribution in [3.05, 3.63) is 113 Å². The number of hydrogen-bond acceptors (Lipinski definition) is 3. The van der Waals surface area contributed by atoms with Crippen molar-refractivity contribution in [2.45, 2.75) is 39.3 Å². The molecule has 0 radical (unpaired) electrons. The molecule has 0 saturated carbocycles. The van der Waals surface area contributed by atoms with Crippen molar-refractivity contribution in [1.29, 1.82) is 0 Å². The van der Waals surface area contributed by atoms with Crippen LogP contribution in [0.4, 0.5) is 5.69 Å². The van der Waals surface area contributed by atoms with E-state index in [2.05, 4.69) is 52.5 Å². The van der Waals surface area contributed by atoms with Gasteiger partial charge >= 0.3 is 5.97 Å². The molecule has 1 fully saturated rings. The molecule has 182 valence electrons. The summed E-state index contributed by atoms with van der Waals surface area (Å²) in [6, 6.07) is 23.3. The third-order valence-corrected chi connectivity index (χ3v) is 7.20. The number of para-hydroxylation sites is 1. The second kappa shape index (κ2) is 9.59. The highest BCUT2D eigenvalue weighted by Crippen LogP contribution is 2.44. The van der Waals surface area contributed by atoms with E-state index in [1.54, 1.807) is 18.3 Å². The Kier molecular flexibility index (Phi) is 6.33. The smallest absolute Gasteiger partial charge is 0.337 e. The molecule has 1 aliphatic rings. The maximum atomic E-state index is 12.0. The van der Waals surface area contributed by atoms with E-state index in [1.807, 2.05) is 48.7 Å². The molecule has 0 unspecified atom stereocenters. The number of nitrogens with zero attached hydrogens (tertiary/aromatic N) is 3. The molecule has 2 N–H and O–H groups in total. The Morgan fingerprint density at radius 2 is 1.78 bits per heavy atom. The number of carboxylic acids is 1. The van der Waals surface area contributed by atoms with E-state index < -0.39 is 5.97 Å². The van der Waals surface area contributed by atoms with E-state index in [9.17, 15) is 9.90 Å². The average molecular weight is 497 g/mol. The van der Waals surface area contributed by atoms with Gasteiger partial charge in [-0.2, -0.15) is 0 Å². The van der Waals surface area contributed by atoms with E-state index in [0.29, 0.717) is 10.8 Å². The van der Waals surface area contributed by atoms with E-state index in [0.717, 1.165) is 34.8 Å². The van der Waals surface area contributed by atoms with Gasteiger partial charge in [-0.1, -0.05) is 37.3 Å². The maximum absolute atomic E-state index is 12.0. The van der Waals surface area contributed by atoms with Crippen LogP contribution in [0.3, 0.4) is 0 Å². The minimum absolute atomic E-state index is 0.170. The van der Waals surface area contributed by atoms with Gasteiger partial charge in [0.25, 0.3) is 0 Å². The lowest BCUT2D eigenvalue weighted by atomic mass is 9.96. The fraction of sp³-hybridized carbons (Fsp3) is 0.207. The summed E-state index contributed by atoms with van der Waals surface area (Å²) < 4.78 is 2.02. The molecule has 0 bridgehead atoms. The van der Waals surface area contributed by atoms with Crippen LogP contribution in [0.5, 0.6) is 0 Å². The minimum atomic E-state index is -0.952. The first kappa shape index (κ1) is 23.8. The van der Waals surface area contributed by atoms with Crippen LogP contribution in [-0.2, 0) is 6.42 Å². The number of hydrogen-bond donors (Lipinski definition) is 2. The number of pyridine rings is 1. The van der Waals surface area contributed by atoms with Crippen LogP contribution in [0.25, 0.3) is 5.69 Å². The molecule has 2 aromatic carbocycles. The largest absolute Gasteiger partial charge is 0.478 e. The Balaban J connectivity index is 1.69. The predicted molar refractivity (Wildman–Crippen MR) is 146 cm³/mol. The van der Waals surface area contributed by atoms with Crippen molar-refractivity contribution < 1.29 is 9.90 Å². The highest BCUT2D eigenvalue weighted by atomic mass is 32.1. The van der Waals surface area contributed by atoms with Crippen molar-refractivity contribution >= 4 is 29.0 Å². The highest BCUT2D eigenvalue weighted by molar-refractivity contribution is 7.80. The lowest BCUT2D eigenvalue weighted by molar-refractivity contribution is 0.0697. The van der Waals surface area contributed by atoms with E-state index in [4.69, 9.17) is 12.2 Å². The van der Waals surface area contributed by atoms with Gasteiger partial charge < -0.3 is 19.9 Å². The molecular weight excluding hydrogens is 468 g/mol. The molecule has 5 rings (SSSR count). The summed E-state index contributed by atoms with van der Waals surface area (Å²) >= 11 is 5.87. The lowest BCUT2D eigenvalue weighted by Crippen LogP contribution is -2.29. The molecule has 1 saturated heterocycles. The van der Waals surface area contributed by atoms with Crippen molar-refractivity contribution in [2.24, 2.45) is 0 Å². The van der Waals surface area contributed by atoms with Crippen LogP contribution in [-0.4, -0.2) is 25.7 Å². The number of nitrogens with one attached hydrogen (secondary N) is 1. The number of aromatic nitrogens is 2. The molecule has 7 heteroatoms. The first-order chi connectivity index (χ1) is 17.4. The first-order valence-corrected chi connectivity index (χ1v) is 12.4. The average Bonchev–Trinajstić information content (AvgIpc) is 3.39. The zero-order chi connectivity index (χ0) is 25.4. The SMILES string of the molecule is CCc1ccc(N2C(=S)N[C@@H](c3ccccn3)[C@H]2c2cc(C)n(-c3ccccc3C(=O)O)c2C)cc1. The summed E-state index contributed by atoms with van der Waals surface area (Å²) in [5.74, 6) is -0.952. The van der Waals surface area contributed by atoms with Gasteiger partial charge in [-0.25, -0.2) is 4.79 Å². The summed E-state index contributed by atoms with van der Waals surface area (Å²) in [5, 5.41) is 14.0. The minimum Gasteiger partial charge on any atom is -0.478 e. The normalized spacial score (nSPS) is 17.3. The standard InChI is InChI=1S/C29H28N4O2S/c1-4-20-12-14-21(15-13-20)33-27(26(31-29(33)36)24-10-7-8-16-30-24)23-17-18(2)32(19(23)3)25-11-6-5-9-22(25)28(34)35/h5-17,26-27H,4H2,1-3H3,(H,31,36)(H,34,35)/t26-,27+/m0/s1. The Labute approximate surface area is 216 Å². The number of aryl methyl sites for hydroxylation is 2. The summed E-state index contributed by atoms with van der Waals surface area (Å²) in [6.07, 6.45) is 2.76. The van der Waals surface area contributed by atoms with Crippen molar-refractivity contribution in [1.82, 2.24) is 14.9 Å². The fourth-order valence-corrected chi connectivity index (χ4v) is 5.49. The third-order valence-electron chi connectivity index (χ3n) is 6.89. The topological polar surface area (TPSA) is 70.4 Å². The fourth-order valence-electron chi connectivity index (χ4n) is 5.15. The first-order valence-electron chi connectivity index (χ1n) is 12.0. The quantitative estimate of drug-likeness (QED) is 0.323. The van der Waals surface area contributed by atoms with Crippen LogP contribution in [0.2, 0.25) is 0 Å². The summed E-state index contributed by atoms with van der Waals surface area (Å²) in [5.41, 5.74) is 7.06. The van der Waals surface area contributed by atoms with Crippen LogP contribution in [0, 0.1) is 13.8 Å². The number of carboxylic acid groups (broad SMARTS) is 1. The Bertz CT molecular complexity index is 1430.